The number of aryl methyl sites for hydroxylation is 2. The zero-order valence-electron chi connectivity index (χ0n) is 14.4. The van der Waals surface area contributed by atoms with E-state index in [0.717, 1.165) is 22.6 Å². The number of para-hydroxylation sites is 1. The van der Waals surface area contributed by atoms with Crippen molar-refractivity contribution in [1.29, 1.82) is 0 Å². The number of thioether (sulfide) groups is 1. The number of hydrogen-bond donors (Lipinski definition) is 1. The van der Waals surface area contributed by atoms with Gasteiger partial charge in [0.05, 0.1) is 5.69 Å². The van der Waals surface area contributed by atoms with Crippen LogP contribution in [0.1, 0.15) is 41.0 Å². The molecule has 2 aromatic rings. The van der Waals surface area contributed by atoms with Gasteiger partial charge in [-0.1, -0.05) is 47.7 Å². The van der Waals surface area contributed by atoms with Crippen LogP contribution < -0.4 is 10.1 Å². The molecule has 24 heavy (non-hydrogen) atoms. The molecule has 0 aliphatic heterocycles. The highest BCUT2D eigenvalue weighted by molar-refractivity contribution is 8.13. The number of rotatable bonds is 5. The molecular weight excluding hydrogens is 318 g/mol. The van der Waals surface area contributed by atoms with E-state index in [1.54, 1.807) is 6.26 Å². The van der Waals surface area contributed by atoms with E-state index in [0.29, 0.717) is 12.5 Å². The van der Waals surface area contributed by atoms with Crippen LogP contribution >= 0.6 is 11.8 Å². The van der Waals surface area contributed by atoms with Crippen molar-refractivity contribution in [2.75, 3.05) is 11.6 Å². The van der Waals surface area contributed by atoms with Gasteiger partial charge >= 0.3 is 0 Å². The van der Waals surface area contributed by atoms with Gasteiger partial charge in [0, 0.05) is 5.56 Å². The summed E-state index contributed by atoms with van der Waals surface area (Å²) in [4.78, 5) is 11.9. The highest BCUT2D eigenvalue weighted by Crippen LogP contribution is 2.44. The molecule has 0 unspecified atom stereocenters. The number of anilines is 1. The molecular formula is C20H23NO2S. The summed E-state index contributed by atoms with van der Waals surface area (Å²) in [7, 11) is 0. The van der Waals surface area contributed by atoms with Crippen molar-refractivity contribution >= 4 is 22.7 Å². The first-order valence-electron chi connectivity index (χ1n) is 8.25. The lowest BCUT2D eigenvalue weighted by Crippen LogP contribution is -2.10. The maximum Gasteiger partial charge on any atom is 0.283 e. The minimum absolute atomic E-state index is 0.0316. The number of hydrogen-bond acceptors (Lipinski definition) is 3. The third-order valence-corrected chi connectivity index (χ3v) is 4.80. The van der Waals surface area contributed by atoms with E-state index in [9.17, 15) is 4.79 Å². The number of ether oxygens (including phenoxy) is 1. The molecule has 0 atom stereocenters. The summed E-state index contributed by atoms with van der Waals surface area (Å²) in [5.41, 5.74) is 5.55. The van der Waals surface area contributed by atoms with Crippen molar-refractivity contribution in [3.8, 4) is 5.75 Å². The van der Waals surface area contributed by atoms with Crippen molar-refractivity contribution < 1.29 is 9.53 Å². The first-order chi connectivity index (χ1) is 11.6. The summed E-state index contributed by atoms with van der Waals surface area (Å²) in [6, 6.07) is 12.4. The van der Waals surface area contributed by atoms with Gasteiger partial charge in [-0.3, -0.25) is 4.79 Å². The van der Waals surface area contributed by atoms with E-state index in [2.05, 4.69) is 43.4 Å². The van der Waals surface area contributed by atoms with E-state index in [1.807, 2.05) is 12.1 Å². The standard InChI is InChI=1S/C20H23NO2S/c1-13-7-10-18(14(2)11-13)23-12-16-5-4-6-17(15-8-9-15)19(16)21-20(22)24-3/h4-7,10-11,15H,8-9,12H2,1-3H3,(H,21,22). The number of benzene rings is 2. The molecule has 2 aromatic carbocycles. The summed E-state index contributed by atoms with van der Waals surface area (Å²) in [5.74, 6) is 1.46. The number of carbonyl (C=O) groups excluding carboxylic acids is 1. The second-order valence-corrected chi connectivity index (χ2v) is 7.11. The normalized spacial score (nSPS) is 13.6. The fourth-order valence-electron chi connectivity index (χ4n) is 2.90. The fourth-order valence-corrected chi connectivity index (χ4v) is 3.10. The van der Waals surface area contributed by atoms with Gasteiger partial charge in [0.15, 0.2) is 0 Å². The second-order valence-electron chi connectivity index (χ2n) is 6.33. The van der Waals surface area contributed by atoms with Crippen molar-refractivity contribution in [2.24, 2.45) is 0 Å². The maximum atomic E-state index is 11.9. The monoisotopic (exact) mass is 341 g/mol. The highest BCUT2D eigenvalue weighted by Gasteiger charge is 2.27. The van der Waals surface area contributed by atoms with Gasteiger partial charge in [0.2, 0.25) is 0 Å². The van der Waals surface area contributed by atoms with Gasteiger partial charge in [-0.05, 0) is 56.1 Å². The third-order valence-electron chi connectivity index (χ3n) is 4.33. The van der Waals surface area contributed by atoms with Crippen LogP contribution in [0.2, 0.25) is 0 Å². The Kier molecular flexibility index (Phi) is 5.14. The Hall–Kier alpha value is -1.94. The Morgan fingerprint density at radius 1 is 1.25 bits per heavy atom. The molecule has 3 nitrogen and oxygen atoms in total. The van der Waals surface area contributed by atoms with Crippen molar-refractivity contribution in [1.82, 2.24) is 0 Å². The Labute approximate surface area is 147 Å². The van der Waals surface area contributed by atoms with E-state index in [-0.39, 0.29) is 5.24 Å². The quantitative estimate of drug-likeness (QED) is 0.763. The fraction of sp³-hybridized carbons (Fsp3) is 0.350. The van der Waals surface area contributed by atoms with Crippen LogP contribution in [0.5, 0.6) is 5.75 Å². The predicted molar refractivity (Wildman–Crippen MR) is 101 cm³/mol. The molecule has 1 aliphatic carbocycles. The first-order valence-corrected chi connectivity index (χ1v) is 9.47. The van der Waals surface area contributed by atoms with E-state index in [4.69, 9.17) is 4.74 Å². The van der Waals surface area contributed by atoms with E-state index < -0.39 is 0 Å². The summed E-state index contributed by atoms with van der Waals surface area (Å²) in [6.07, 6.45) is 4.19. The second kappa shape index (κ2) is 7.31. The highest BCUT2D eigenvalue weighted by atomic mass is 32.2. The molecule has 0 bridgehead atoms. The predicted octanol–water partition coefficient (Wildman–Crippen LogP) is 5.65. The number of carbonyl (C=O) groups is 1. The van der Waals surface area contributed by atoms with Crippen molar-refractivity contribution in [2.45, 2.75) is 39.2 Å². The van der Waals surface area contributed by atoms with E-state index in [1.165, 1.54) is 35.7 Å². The van der Waals surface area contributed by atoms with Crippen LogP contribution in [0.4, 0.5) is 10.5 Å². The topological polar surface area (TPSA) is 38.3 Å². The minimum Gasteiger partial charge on any atom is -0.489 e. The molecule has 126 valence electrons. The molecule has 1 aliphatic rings. The Morgan fingerprint density at radius 2 is 2.04 bits per heavy atom. The average Bonchev–Trinajstić information content (AvgIpc) is 3.39. The first kappa shape index (κ1) is 16.9. The summed E-state index contributed by atoms with van der Waals surface area (Å²) in [6.45, 7) is 4.58. The molecule has 1 amide bonds. The summed E-state index contributed by atoms with van der Waals surface area (Å²) >= 11 is 1.20. The molecule has 1 saturated carbocycles. The third kappa shape index (κ3) is 3.93. The van der Waals surface area contributed by atoms with Crippen LogP contribution in [-0.2, 0) is 6.61 Å². The zero-order chi connectivity index (χ0) is 17.1. The maximum absolute atomic E-state index is 11.9. The number of amides is 1. The van der Waals surface area contributed by atoms with Crippen LogP contribution in [0, 0.1) is 13.8 Å². The summed E-state index contributed by atoms with van der Waals surface area (Å²) < 4.78 is 6.03. The lowest BCUT2D eigenvalue weighted by Gasteiger charge is -2.16. The molecule has 0 radical (unpaired) electrons. The lowest BCUT2D eigenvalue weighted by molar-refractivity contribution is 0.269. The van der Waals surface area contributed by atoms with Crippen molar-refractivity contribution in [3.05, 3.63) is 58.7 Å². The molecule has 0 spiro atoms. The Morgan fingerprint density at radius 3 is 2.71 bits per heavy atom. The van der Waals surface area contributed by atoms with Crippen LogP contribution in [0.25, 0.3) is 0 Å². The Bertz CT molecular complexity index is 753. The average molecular weight is 341 g/mol. The summed E-state index contributed by atoms with van der Waals surface area (Å²) in [5, 5.41) is 3.02. The molecule has 0 saturated heterocycles. The van der Waals surface area contributed by atoms with Gasteiger partial charge in [0.25, 0.3) is 5.24 Å². The lowest BCUT2D eigenvalue weighted by atomic mass is 10.0. The van der Waals surface area contributed by atoms with Gasteiger partial charge in [-0.15, -0.1) is 0 Å². The molecule has 0 heterocycles. The minimum atomic E-state index is -0.0316. The largest absolute Gasteiger partial charge is 0.489 e. The van der Waals surface area contributed by atoms with E-state index >= 15 is 0 Å². The molecule has 3 rings (SSSR count). The van der Waals surface area contributed by atoms with Gasteiger partial charge in [0.1, 0.15) is 12.4 Å². The molecule has 1 fully saturated rings. The number of nitrogens with one attached hydrogen (secondary N) is 1. The van der Waals surface area contributed by atoms with Crippen molar-refractivity contribution in [3.63, 3.8) is 0 Å². The molecule has 4 heteroatoms. The Balaban J connectivity index is 1.83. The van der Waals surface area contributed by atoms with Gasteiger partial charge < -0.3 is 10.1 Å². The SMILES string of the molecule is CSC(=O)Nc1c(COc2ccc(C)cc2C)cccc1C1CC1. The van der Waals surface area contributed by atoms with Gasteiger partial charge in [-0.25, -0.2) is 0 Å². The van der Waals surface area contributed by atoms with Crippen LogP contribution in [-0.4, -0.2) is 11.5 Å². The van der Waals surface area contributed by atoms with Gasteiger partial charge in [-0.2, -0.15) is 0 Å². The smallest absolute Gasteiger partial charge is 0.283 e. The van der Waals surface area contributed by atoms with Crippen LogP contribution in [0.3, 0.4) is 0 Å². The van der Waals surface area contributed by atoms with Crippen LogP contribution in [0.15, 0.2) is 36.4 Å². The molecule has 1 N–H and O–H groups in total. The zero-order valence-corrected chi connectivity index (χ0v) is 15.2. The molecule has 0 aromatic heterocycles.